The molecule has 1 rings (SSSR count). The van der Waals surface area contributed by atoms with E-state index in [2.05, 4.69) is 12.2 Å². The maximum Gasteiger partial charge on any atom is 0.253 e. The topological polar surface area (TPSA) is 64.3 Å². The number of nitrogens with one attached hydrogen (secondary N) is 1. The minimum Gasteiger partial charge on any atom is -0.397 e. The van der Waals surface area contributed by atoms with Crippen LogP contribution >= 0.6 is 11.6 Å². The fraction of sp³-hybridized carbons (Fsp3) is 0.533. The van der Waals surface area contributed by atoms with E-state index in [-0.39, 0.29) is 5.91 Å². The van der Waals surface area contributed by atoms with Crippen molar-refractivity contribution in [2.75, 3.05) is 17.7 Å². The molecule has 1 aromatic carbocycles. The summed E-state index contributed by atoms with van der Waals surface area (Å²) in [7, 11) is 0. The highest BCUT2D eigenvalue weighted by atomic mass is 35.5. The molecule has 0 saturated heterocycles. The number of hydrogen-bond acceptors (Lipinski definition) is 3. The zero-order valence-electron chi connectivity index (χ0n) is 12.1. The fourth-order valence-corrected chi connectivity index (χ4v) is 1.93. The van der Waals surface area contributed by atoms with Gasteiger partial charge in [0.15, 0.2) is 0 Å². The van der Waals surface area contributed by atoms with Gasteiger partial charge in [-0.3, -0.25) is 4.79 Å². The average Bonchev–Trinajstić information content (AvgIpc) is 2.41. The third kappa shape index (κ3) is 5.80. The number of hydrogen-bond donors (Lipinski definition) is 2. The van der Waals surface area contributed by atoms with E-state index in [4.69, 9.17) is 22.1 Å². The highest BCUT2D eigenvalue weighted by Crippen LogP contribution is 2.22. The third-order valence-corrected chi connectivity index (χ3v) is 3.24. The summed E-state index contributed by atoms with van der Waals surface area (Å²) in [4.78, 5) is 11.9. The molecule has 0 bridgehead atoms. The molecule has 3 N–H and O–H groups in total. The Morgan fingerprint density at radius 3 is 2.80 bits per heavy atom. The standard InChI is InChI=1S/C15H23ClN2O2/c1-3-4-5-6-9-20-11(2)15(19)18-14-8-7-12(16)10-13(14)17/h7-8,10-11H,3-6,9,17H2,1-2H3,(H,18,19). The molecule has 0 spiro atoms. The van der Waals surface area contributed by atoms with Crippen molar-refractivity contribution in [2.24, 2.45) is 0 Å². The minimum absolute atomic E-state index is 0.200. The Morgan fingerprint density at radius 1 is 1.40 bits per heavy atom. The number of rotatable bonds is 8. The summed E-state index contributed by atoms with van der Waals surface area (Å²) in [5.41, 5.74) is 6.79. The number of ether oxygens (including phenoxy) is 1. The van der Waals surface area contributed by atoms with Gasteiger partial charge in [0.05, 0.1) is 11.4 Å². The summed E-state index contributed by atoms with van der Waals surface area (Å²) >= 11 is 5.81. The van der Waals surface area contributed by atoms with Crippen LogP contribution in [0, 0.1) is 0 Å². The van der Waals surface area contributed by atoms with Crippen LogP contribution < -0.4 is 11.1 Å². The second-order valence-corrected chi connectivity index (χ2v) is 5.23. The first-order valence-electron chi connectivity index (χ1n) is 7.02. The van der Waals surface area contributed by atoms with E-state index >= 15 is 0 Å². The molecule has 0 aliphatic carbocycles. The number of amides is 1. The molecule has 0 aliphatic heterocycles. The predicted molar refractivity (Wildman–Crippen MR) is 84.1 cm³/mol. The molecule has 0 aromatic heterocycles. The number of unbranched alkanes of at least 4 members (excludes halogenated alkanes) is 3. The number of halogens is 1. The molecule has 1 atom stereocenters. The molecule has 0 heterocycles. The highest BCUT2D eigenvalue weighted by Gasteiger charge is 2.14. The fourth-order valence-electron chi connectivity index (χ4n) is 1.75. The van der Waals surface area contributed by atoms with Crippen molar-refractivity contribution < 1.29 is 9.53 Å². The average molecular weight is 299 g/mol. The van der Waals surface area contributed by atoms with Gasteiger partial charge >= 0.3 is 0 Å². The van der Waals surface area contributed by atoms with E-state index < -0.39 is 6.10 Å². The summed E-state index contributed by atoms with van der Waals surface area (Å²) in [5, 5.41) is 3.28. The van der Waals surface area contributed by atoms with E-state index in [1.54, 1.807) is 25.1 Å². The van der Waals surface area contributed by atoms with E-state index in [1.807, 2.05) is 0 Å². The van der Waals surface area contributed by atoms with Crippen molar-refractivity contribution in [3.8, 4) is 0 Å². The minimum atomic E-state index is -0.494. The van der Waals surface area contributed by atoms with Gasteiger partial charge in [0.2, 0.25) is 0 Å². The first-order chi connectivity index (χ1) is 9.54. The molecule has 0 aliphatic rings. The van der Waals surface area contributed by atoms with Crippen LogP contribution in [-0.4, -0.2) is 18.6 Å². The van der Waals surface area contributed by atoms with E-state index in [1.165, 1.54) is 12.8 Å². The molecule has 0 fully saturated rings. The lowest BCUT2D eigenvalue weighted by Gasteiger charge is -2.14. The largest absolute Gasteiger partial charge is 0.397 e. The number of nitrogen functional groups attached to an aromatic ring is 1. The van der Waals surface area contributed by atoms with Crippen molar-refractivity contribution in [3.63, 3.8) is 0 Å². The van der Waals surface area contributed by atoms with Crippen molar-refractivity contribution >= 4 is 28.9 Å². The molecule has 5 heteroatoms. The lowest BCUT2D eigenvalue weighted by molar-refractivity contribution is -0.126. The molecule has 1 amide bonds. The van der Waals surface area contributed by atoms with Crippen LogP contribution in [0.3, 0.4) is 0 Å². The van der Waals surface area contributed by atoms with E-state index in [0.29, 0.717) is 23.0 Å². The van der Waals surface area contributed by atoms with Gasteiger partial charge in [-0.2, -0.15) is 0 Å². The van der Waals surface area contributed by atoms with Gasteiger partial charge in [-0.15, -0.1) is 0 Å². The Bertz CT molecular complexity index is 438. The number of nitrogens with two attached hydrogens (primary N) is 1. The van der Waals surface area contributed by atoms with Gasteiger partial charge in [-0.05, 0) is 31.5 Å². The molecule has 1 aromatic rings. The molecular weight excluding hydrogens is 276 g/mol. The van der Waals surface area contributed by atoms with Gasteiger partial charge in [-0.25, -0.2) is 0 Å². The molecule has 112 valence electrons. The number of anilines is 2. The van der Waals surface area contributed by atoms with Crippen molar-refractivity contribution in [1.82, 2.24) is 0 Å². The zero-order valence-corrected chi connectivity index (χ0v) is 12.9. The quantitative estimate of drug-likeness (QED) is 0.566. The van der Waals surface area contributed by atoms with Gasteiger partial charge in [0.1, 0.15) is 6.10 Å². The number of carbonyl (C=O) groups excluding carboxylic acids is 1. The monoisotopic (exact) mass is 298 g/mol. The molecule has 0 radical (unpaired) electrons. The summed E-state index contributed by atoms with van der Waals surface area (Å²) in [5.74, 6) is -0.200. The number of carbonyl (C=O) groups is 1. The van der Waals surface area contributed by atoms with Gasteiger partial charge in [-0.1, -0.05) is 37.8 Å². The van der Waals surface area contributed by atoms with Crippen LogP contribution in [0.25, 0.3) is 0 Å². The van der Waals surface area contributed by atoms with Crippen molar-refractivity contribution in [2.45, 2.75) is 45.6 Å². The van der Waals surface area contributed by atoms with Crippen LogP contribution in [0.1, 0.15) is 39.5 Å². The molecule has 1 unspecified atom stereocenters. The van der Waals surface area contributed by atoms with E-state index in [0.717, 1.165) is 12.8 Å². The van der Waals surface area contributed by atoms with Crippen LogP contribution in [0.2, 0.25) is 5.02 Å². The molecule has 0 saturated carbocycles. The van der Waals surface area contributed by atoms with Gasteiger partial charge in [0.25, 0.3) is 5.91 Å². The van der Waals surface area contributed by atoms with Crippen LogP contribution in [0.4, 0.5) is 11.4 Å². The third-order valence-electron chi connectivity index (χ3n) is 3.01. The molecule has 20 heavy (non-hydrogen) atoms. The van der Waals surface area contributed by atoms with Crippen molar-refractivity contribution in [3.05, 3.63) is 23.2 Å². The molecular formula is C15H23ClN2O2. The van der Waals surface area contributed by atoms with E-state index in [9.17, 15) is 4.79 Å². The second-order valence-electron chi connectivity index (χ2n) is 4.79. The Kier molecular flexibility index (Phi) is 7.41. The lowest BCUT2D eigenvalue weighted by atomic mass is 10.2. The van der Waals surface area contributed by atoms with Crippen LogP contribution in [0.15, 0.2) is 18.2 Å². The maximum atomic E-state index is 11.9. The Labute approximate surface area is 125 Å². The predicted octanol–water partition coefficient (Wildman–Crippen LogP) is 3.85. The summed E-state index contributed by atoms with van der Waals surface area (Å²) in [6.07, 6.45) is 4.01. The number of benzene rings is 1. The second kappa shape index (κ2) is 8.82. The SMILES string of the molecule is CCCCCCOC(C)C(=O)Nc1ccc(Cl)cc1N. The maximum absolute atomic E-state index is 11.9. The van der Waals surface area contributed by atoms with Crippen LogP contribution in [-0.2, 0) is 9.53 Å². The zero-order chi connectivity index (χ0) is 15.0. The Morgan fingerprint density at radius 2 is 2.15 bits per heavy atom. The van der Waals surface area contributed by atoms with Gasteiger partial charge in [0, 0.05) is 11.6 Å². The molecule has 4 nitrogen and oxygen atoms in total. The normalized spacial score (nSPS) is 12.2. The Hall–Kier alpha value is -1.26. The van der Waals surface area contributed by atoms with Crippen molar-refractivity contribution in [1.29, 1.82) is 0 Å². The smallest absolute Gasteiger partial charge is 0.253 e. The Balaban J connectivity index is 2.37. The summed E-state index contributed by atoms with van der Waals surface area (Å²) in [6, 6.07) is 4.97. The first kappa shape index (κ1) is 16.8. The van der Waals surface area contributed by atoms with Crippen LogP contribution in [0.5, 0.6) is 0 Å². The van der Waals surface area contributed by atoms with Gasteiger partial charge < -0.3 is 15.8 Å². The summed E-state index contributed by atoms with van der Waals surface area (Å²) in [6.45, 7) is 4.50. The highest BCUT2D eigenvalue weighted by molar-refractivity contribution is 6.31. The summed E-state index contributed by atoms with van der Waals surface area (Å²) < 4.78 is 5.51. The lowest BCUT2D eigenvalue weighted by Crippen LogP contribution is -2.28. The first-order valence-corrected chi connectivity index (χ1v) is 7.40.